The van der Waals surface area contributed by atoms with Gasteiger partial charge in [0, 0.05) is 22.4 Å². The predicted molar refractivity (Wildman–Crippen MR) is 80.6 cm³/mol. The van der Waals surface area contributed by atoms with Gasteiger partial charge in [-0.3, -0.25) is 4.79 Å². The van der Waals surface area contributed by atoms with Gasteiger partial charge in [-0.25, -0.2) is 4.98 Å². The fraction of sp³-hybridized carbons (Fsp3) is 0.0769. The van der Waals surface area contributed by atoms with Crippen molar-refractivity contribution >= 4 is 43.5 Å². The number of carbonyl (C=O) groups excluding carboxylic acids is 1. The first-order valence-corrected chi connectivity index (χ1v) is 6.96. The molecule has 0 saturated carbocycles. The number of nitrogens with one attached hydrogen (secondary N) is 1. The smallest absolute Gasteiger partial charge is 0.275 e. The molecular weight excluding hydrogens is 376 g/mol. The number of methoxy groups -OCH3 is 1. The number of amides is 1. The maximum Gasteiger partial charge on any atom is 0.275 e. The van der Waals surface area contributed by atoms with Gasteiger partial charge < -0.3 is 10.1 Å². The highest BCUT2D eigenvalue weighted by Crippen LogP contribution is 2.28. The van der Waals surface area contributed by atoms with E-state index in [1.54, 1.807) is 37.6 Å². The van der Waals surface area contributed by atoms with E-state index in [0.717, 1.165) is 4.47 Å². The minimum Gasteiger partial charge on any atom is -0.495 e. The third-order valence-electron chi connectivity index (χ3n) is 2.38. The van der Waals surface area contributed by atoms with E-state index < -0.39 is 0 Å². The molecule has 6 heteroatoms. The van der Waals surface area contributed by atoms with Crippen molar-refractivity contribution in [1.29, 1.82) is 0 Å². The van der Waals surface area contributed by atoms with Crippen LogP contribution >= 0.6 is 31.9 Å². The van der Waals surface area contributed by atoms with E-state index in [1.807, 2.05) is 6.07 Å². The van der Waals surface area contributed by atoms with Crippen LogP contribution in [0.5, 0.6) is 5.75 Å². The number of carbonyl (C=O) groups is 1. The third-order valence-corrected chi connectivity index (χ3v) is 3.68. The lowest BCUT2D eigenvalue weighted by Gasteiger charge is -2.08. The predicted octanol–water partition coefficient (Wildman–Crippen LogP) is 3.87. The Balaban J connectivity index is 2.22. The zero-order valence-electron chi connectivity index (χ0n) is 9.98. The summed E-state index contributed by atoms with van der Waals surface area (Å²) in [7, 11) is 1.57. The van der Waals surface area contributed by atoms with Crippen molar-refractivity contribution in [3.05, 3.63) is 51.2 Å². The van der Waals surface area contributed by atoms with Crippen LogP contribution in [0.25, 0.3) is 0 Å². The Kier molecular flexibility index (Phi) is 4.55. The van der Waals surface area contributed by atoms with E-state index in [-0.39, 0.29) is 5.91 Å². The van der Waals surface area contributed by atoms with E-state index in [0.29, 0.717) is 21.6 Å². The maximum atomic E-state index is 12.1. The Hall–Kier alpha value is -1.40. The van der Waals surface area contributed by atoms with E-state index in [4.69, 9.17) is 4.74 Å². The molecule has 0 radical (unpaired) electrons. The normalized spacial score (nSPS) is 10.1. The van der Waals surface area contributed by atoms with E-state index in [2.05, 4.69) is 42.2 Å². The molecule has 19 heavy (non-hydrogen) atoms. The number of aromatic nitrogens is 1. The number of hydrogen-bond acceptors (Lipinski definition) is 3. The quantitative estimate of drug-likeness (QED) is 0.872. The third kappa shape index (κ3) is 3.33. The topological polar surface area (TPSA) is 51.2 Å². The van der Waals surface area contributed by atoms with Crippen molar-refractivity contribution in [1.82, 2.24) is 4.98 Å². The van der Waals surface area contributed by atoms with Crippen molar-refractivity contribution in [3.63, 3.8) is 0 Å². The first-order chi connectivity index (χ1) is 9.11. The van der Waals surface area contributed by atoms with Crippen LogP contribution in [0, 0.1) is 0 Å². The largest absolute Gasteiger partial charge is 0.495 e. The van der Waals surface area contributed by atoms with Gasteiger partial charge in [-0.1, -0.05) is 0 Å². The first kappa shape index (κ1) is 14.0. The van der Waals surface area contributed by atoms with Gasteiger partial charge in [0.05, 0.1) is 11.6 Å². The number of hydrogen-bond donors (Lipinski definition) is 1. The maximum absolute atomic E-state index is 12.1. The lowest BCUT2D eigenvalue weighted by atomic mass is 10.2. The zero-order valence-corrected chi connectivity index (χ0v) is 13.2. The molecule has 0 bridgehead atoms. The minimum atomic E-state index is -0.281. The highest BCUT2D eigenvalue weighted by atomic mass is 79.9. The Labute approximate surface area is 127 Å². The van der Waals surface area contributed by atoms with Crippen LogP contribution < -0.4 is 10.1 Å². The molecule has 0 atom stereocenters. The molecule has 2 rings (SSSR count). The van der Waals surface area contributed by atoms with E-state index >= 15 is 0 Å². The number of ether oxygens (including phenoxy) is 1. The molecule has 2 aromatic rings. The van der Waals surface area contributed by atoms with Gasteiger partial charge in [-0.15, -0.1) is 0 Å². The van der Waals surface area contributed by atoms with Crippen molar-refractivity contribution in [2.45, 2.75) is 0 Å². The highest BCUT2D eigenvalue weighted by Gasteiger charge is 2.12. The molecule has 1 amide bonds. The Morgan fingerprint density at radius 2 is 2.05 bits per heavy atom. The summed E-state index contributed by atoms with van der Waals surface area (Å²) in [6, 6.07) is 8.84. The van der Waals surface area contributed by atoms with Crippen molar-refractivity contribution in [2.75, 3.05) is 12.4 Å². The second kappa shape index (κ2) is 6.16. The van der Waals surface area contributed by atoms with Gasteiger partial charge in [-0.2, -0.15) is 0 Å². The molecule has 0 saturated heterocycles. The van der Waals surface area contributed by atoms with Crippen molar-refractivity contribution < 1.29 is 9.53 Å². The number of pyridine rings is 1. The summed E-state index contributed by atoms with van der Waals surface area (Å²) >= 11 is 6.65. The molecule has 1 N–H and O–H groups in total. The summed E-state index contributed by atoms with van der Waals surface area (Å²) in [5.74, 6) is 0.370. The molecular formula is C13H10Br2N2O2. The minimum absolute atomic E-state index is 0.281. The molecule has 0 aliphatic carbocycles. The average Bonchev–Trinajstić information content (AvgIpc) is 2.41. The molecule has 98 valence electrons. The molecule has 1 aromatic heterocycles. The second-order valence-corrected chi connectivity index (χ2v) is 5.35. The van der Waals surface area contributed by atoms with Crippen molar-refractivity contribution in [3.8, 4) is 5.75 Å². The molecule has 1 aromatic carbocycles. The molecule has 0 spiro atoms. The summed E-state index contributed by atoms with van der Waals surface area (Å²) in [5.41, 5.74) is 0.979. The van der Waals surface area contributed by atoms with Gasteiger partial charge in [0.1, 0.15) is 11.4 Å². The van der Waals surface area contributed by atoms with Crippen LogP contribution in [0.4, 0.5) is 5.69 Å². The Morgan fingerprint density at radius 3 is 2.74 bits per heavy atom. The van der Waals surface area contributed by atoms with Crippen LogP contribution in [0.15, 0.2) is 45.5 Å². The molecule has 0 fully saturated rings. The molecule has 4 nitrogen and oxygen atoms in total. The van der Waals surface area contributed by atoms with Gasteiger partial charge in [0.15, 0.2) is 0 Å². The number of benzene rings is 1. The van der Waals surface area contributed by atoms with Crippen LogP contribution in [-0.2, 0) is 0 Å². The number of anilines is 1. The second-order valence-electron chi connectivity index (χ2n) is 3.64. The highest BCUT2D eigenvalue weighted by molar-refractivity contribution is 9.10. The van der Waals surface area contributed by atoms with Gasteiger partial charge in [0.25, 0.3) is 5.91 Å². The van der Waals surface area contributed by atoms with Gasteiger partial charge >= 0.3 is 0 Å². The monoisotopic (exact) mass is 384 g/mol. The Morgan fingerprint density at radius 1 is 1.26 bits per heavy atom. The fourth-order valence-corrected chi connectivity index (χ4v) is 2.32. The molecule has 0 unspecified atom stereocenters. The SMILES string of the molecule is COc1cc(NC(=O)c2ncccc2Br)ccc1Br. The summed E-state index contributed by atoms with van der Waals surface area (Å²) in [4.78, 5) is 16.1. The van der Waals surface area contributed by atoms with Crippen molar-refractivity contribution in [2.24, 2.45) is 0 Å². The summed E-state index contributed by atoms with van der Waals surface area (Å²) in [5, 5.41) is 2.77. The van der Waals surface area contributed by atoms with Crippen LogP contribution in [0.3, 0.4) is 0 Å². The standard InChI is InChI=1S/C13H10Br2N2O2/c1-19-11-7-8(4-5-9(11)14)17-13(18)12-10(15)3-2-6-16-12/h2-7H,1H3,(H,17,18). The molecule has 0 aliphatic rings. The zero-order chi connectivity index (χ0) is 13.8. The van der Waals surface area contributed by atoms with E-state index in [9.17, 15) is 4.79 Å². The van der Waals surface area contributed by atoms with Gasteiger partial charge in [0.2, 0.25) is 0 Å². The Bertz CT molecular complexity index is 617. The van der Waals surface area contributed by atoms with Crippen LogP contribution in [0.2, 0.25) is 0 Å². The molecule has 0 aliphatic heterocycles. The van der Waals surface area contributed by atoms with Crippen LogP contribution in [-0.4, -0.2) is 18.0 Å². The number of nitrogens with zero attached hydrogens (tertiary/aromatic N) is 1. The van der Waals surface area contributed by atoms with Gasteiger partial charge in [-0.05, 0) is 56.1 Å². The lowest BCUT2D eigenvalue weighted by Crippen LogP contribution is -2.14. The summed E-state index contributed by atoms with van der Waals surface area (Å²) in [6.07, 6.45) is 1.57. The average molecular weight is 386 g/mol. The molecule has 1 heterocycles. The number of rotatable bonds is 3. The first-order valence-electron chi connectivity index (χ1n) is 5.37. The lowest BCUT2D eigenvalue weighted by molar-refractivity contribution is 0.102. The fourth-order valence-electron chi connectivity index (χ4n) is 1.48. The van der Waals surface area contributed by atoms with Crippen LogP contribution in [0.1, 0.15) is 10.5 Å². The number of halogens is 2. The summed E-state index contributed by atoms with van der Waals surface area (Å²) < 4.78 is 6.65. The van der Waals surface area contributed by atoms with E-state index in [1.165, 1.54) is 0 Å². The summed E-state index contributed by atoms with van der Waals surface area (Å²) in [6.45, 7) is 0.